The summed E-state index contributed by atoms with van der Waals surface area (Å²) in [5.41, 5.74) is 1.14. The maximum absolute atomic E-state index is 5.17. The van der Waals surface area contributed by atoms with Crippen LogP contribution in [-0.2, 0) is 6.54 Å². The number of terminal acetylenes is 1. The minimum Gasteiger partial charge on any atom is -0.350 e. The van der Waals surface area contributed by atoms with Crippen LogP contribution in [0.5, 0.6) is 0 Å². The summed E-state index contributed by atoms with van der Waals surface area (Å²) in [6, 6.07) is 0. The number of guanidine groups is 1. The van der Waals surface area contributed by atoms with Crippen molar-refractivity contribution in [2.75, 3.05) is 13.6 Å². The van der Waals surface area contributed by atoms with Crippen molar-refractivity contribution in [3.05, 3.63) is 16.1 Å². The third kappa shape index (κ3) is 5.69. The number of aromatic nitrogens is 1. The lowest BCUT2D eigenvalue weighted by molar-refractivity contribution is 0.799. The quantitative estimate of drug-likeness (QED) is 0.366. The number of nitrogens with zero attached hydrogens (tertiary/aromatic N) is 2. The Hall–Kier alpha value is -0.810. The summed E-state index contributed by atoms with van der Waals surface area (Å²) < 4.78 is 0. The lowest BCUT2D eigenvalue weighted by Crippen LogP contribution is -2.36. The molecule has 1 aromatic rings. The van der Waals surface area contributed by atoms with E-state index in [0.29, 0.717) is 25.0 Å². The number of hydrogen-bond acceptors (Lipinski definition) is 3. The molecule has 0 bridgehead atoms. The summed E-state index contributed by atoms with van der Waals surface area (Å²) in [6.07, 6.45) is 5.17. The highest BCUT2D eigenvalue weighted by Crippen LogP contribution is 2.17. The summed E-state index contributed by atoms with van der Waals surface area (Å²) in [7, 11) is 1.72. The van der Waals surface area contributed by atoms with E-state index in [9.17, 15) is 0 Å². The molecule has 0 spiro atoms. The second-order valence-electron chi connectivity index (χ2n) is 3.80. The number of nitrogens with one attached hydrogen (secondary N) is 2. The zero-order chi connectivity index (χ0) is 12.7. The van der Waals surface area contributed by atoms with Crippen molar-refractivity contribution in [3.8, 4) is 12.3 Å². The molecule has 0 atom stereocenters. The third-order valence-corrected chi connectivity index (χ3v) is 3.02. The topological polar surface area (TPSA) is 49.3 Å². The highest BCUT2D eigenvalue weighted by Gasteiger charge is 2.05. The predicted molar refractivity (Wildman–Crippen MR) is 88.7 cm³/mol. The number of rotatable bonds is 4. The van der Waals surface area contributed by atoms with Gasteiger partial charge in [0.1, 0.15) is 5.01 Å². The number of aliphatic imine (C=N–C) groups is 1. The van der Waals surface area contributed by atoms with Gasteiger partial charge in [0.25, 0.3) is 0 Å². The Morgan fingerprint density at radius 2 is 2.28 bits per heavy atom. The normalized spacial score (nSPS) is 10.7. The van der Waals surface area contributed by atoms with E-state index in [0.717, 1.165) is 10.7 Å². The maximum Gasteiger partial charge on any atom is 0.192 e. The van der Waals surface area contributed by atoms with Gasteiger partial charge >= 0.3 is 0 Å². The van der Waals surface area contributed by atoms with E-state index in [1.807, 2.05) is 0 Å². The summed E-state index contributed by atoms with van der Waals surface area (Å²) in [6.45, 7) is 5.41. The Morgan fingerprint density at radius 1 is 1.56 bits per heavy atom. The van der Waals surface area contributed by atoms with Gasteiger partial charge in [-0.2, -0.15) is 0 Å². The van der Waals surface area contributed by atoms with E-state index in [1.54, 1.807) is 18.4 Å². The second-order valence-corrected chi connectivity index (χ2v) is 4.75. The third-order valence-electron chi connectivity index (χ3n) is 2.15. The van der Waals surface area contributed by atoms with Gasteiger partial charge in [0.05, 0.1) is 18.8 Å². The molecule has 0 aliphatic heterocycles. The van der Waals surface area contributed by atoms with Gasteiger partial charge in [0, 0.05) is 12.4 Å². The van der Waals surface area contributed by atoms with Crippen LogP contribution in [0.25, 0.3) is 0 Å². The van der Waals surface area contributed by atoms with Crippen molar-refractivity contribution in [3.63, 3.8) is 0 Å². The Kier molecular flexibility index (Phi) is 8.75. The Labute approximate surface area is 130 Å². The van der Waals surface area contributed by atoms with Crippen molar-refractivity contribution in [1.29, 1.82) is 0 Å². The molecule has 4 nitrogen and oxygen atoms in total. The molecular formula is C12H19IN4S. The van der Waals surface area contributed by atoms with E-state index in [2.05, 4.69) is 45.8 Å². The molecule has 0 aromatic carbocycles. The van der Waals surface area contributed by atoms with Gasteiger partial charge in [-0.3, -0.25) is 4.99 Å². The summed E-state index contributed by atoms with van der Waals surface area (Å²) in [5.74, 6) is 3.67. The second kappa shape index (κ2) is 9.16. The van der Waals surface area contributed by atoms with Gasteiger partial charge in [-0.15, -0.1) is 41.7 Å². The van der Waals surface area contributed by atoms with Crippen molar-refractivity contribution in [2.24, 2.45) is 4.99 Å². The molecular weight excluding hydrogens is 359 g/mol. The number of hydrogen-bond donors (Lipinski definition) is 2. The first kappa shape index (κ1) is 17.2. The van der Waals surface area contributed by atoms with E-state index in [1.165, 1.54) is 0 Å². The fourth-order valence-electron chi connectivity index (χ4n) is 1.19. The maximum atomic E-state index is 5.17. The van der Waals surface area contributed by atoms with E-state index in [4.69, 9.17) is 6.42 Å². The van der Waals surface area contributed by atoms with Gasteiger partial charge in [-0.05, 0) is 5.92 Å². The van der Waals surface area contributed by atoms with Crippen LogP contribution in [0.3, 0.4) is 0 Å². The zero-order valence-electron chi connectivity index (χ0n) is 10.9. The fourth-order valence-corrected chi connectivity index (χ4v) is 2.08. The molecule has 0 fully saturated rings. The van der Waals surface area contributed by atoms with Crippen molar-refractivity contribution in [2.45, 2.75) is 26.3 Å². The molecule has 0 unspecified atom stereocenters. The van der Waals surface area contributed by atoms with E-state index in [-0.39, 0.29) is 24.0 Å². The highest BCUT2D eigenvalue weighted by molar-refractivity contribution is 14.0. The van der Waals surface area contributed by atoms with Gasteiger partial charge in [-0.25, -0.2) is 4.98 Å². The molecule has 2 N–H and O–H groups in total. The van der Waals surface area contributed by atoms with E-state index < -0.39 is 0 Å². The molecule has 18 heavy (non-hydrogen) atoms. The standard InChI is InChI=1S/C12H18N4S.HI/c1-5-6-14-12(13-4)15-7-11-16-10(8-17-11)9(2)3;/h1,8-9H,6-7H2,2-4H3,(H2,13,14,15);1H. The summed E-state index contributed by atoms with van der Waals surface area (Å²) in [5, 5.41) is 9.31. The summed E-state index contributed by atoms with van der Waals surface area (Å²) >= 11 is 1.66. The smallest absolute Gasteiger partial charge is 0.192 e. The van der Waals surface area contributed by atoms with Crippen LogP contribution in [0.15, 0.2) is 10.4 Å². The molecule has 0 amide bonds. The lowest BCUT2D eigenvalue weighted by Gasteiger charge is -2.07. The van der Waals surface area contributed by atoms with Crippen LogP contribution in [-0.4, -0.2) is 24.5 Å². The molecule has 1 aromatic heterocycles. The molecule has 100 valence electrons. The van der Waals surface area contributed by atoms with Crippen LogP contribution in [0.2, 0.25) is 0 Å². The van der Waals surface area contributed by atoms with Crippen LogP contribution >= 0.6 is 35.3 Å². The van der Waals surface area contributed by atoms with E-state index >= 15 is 0 Å². The molecule has 6 heteroatoms. The van der Waals surface area contributed by atoms with Crippen LogP contribution in [0.1, 0.15) is 30.5 Å². The van der Waals surface area contributed by atoms with Crippen molar-refractivity contribution in [1.82, 2.24) is 15.6 Å². The SMILES string of the molecule is C#CCNC(=NC)NCc1nc(C(C)C)cs1.I. The fraction of sp³-hybridized carbons (Fsp3) is 0.500. The van der Waals surface area contributed by atoms with Gasteiger partial charge < -0.3 is 10.6 Å². The number of thiazole rings is 1. The molecule has 0 saturated carbocycles. The first-order valence-corrected chi connectivity index (χ1v) is 6.37. The minimum atomic E-state index is 0. The Morgan fingerprint density at radius 3 is 2.78 bits per heavy atom. The monoisotopic (exact) mass is 378 g/mol. The average Bonchev–Trinajstić information content (AvgIpc) is 2.78. The molecule has 0 radical (unpaired) electrons. The predicted octanol–water partition coefficient (Wildman–Crippen LogP) is 2.18. The molecule has 1 heterocycles. The van der Waals surface area contributed by atoms with Gasteiger partial charge in [0.15, 0.2) is 5.96 Å². The van der Waals surface area contributed by atoms with Crippen molar-refractivity contribution < 1.29 is 0 Å². The Bertz CT molecular complexity index is 420. The van der Waals surface area contributed by atoms with Gasteiger partial charge in [-0.1, -0.05) is 19.8 Å². The first-order valence-electron chi connectivity index (χ1n) is 5.49. The lowest BCUT2D eigenvalue weighted by atomic mass is 10.2. The van der Waals surface area contributed by atoms with Crippen LogP contribution in [0, 0.1) is 12.3 Å². The molecule has 0 saturated heterocycles. The average molecular weight is 378 g/mol. The highest BCUT2D eigenvalue weighted by atomic mass is 127. The minimum absolute atomic E-state index is 0. The molecule has 0 aliphatic carbocycles. The largest absolute Gasteiger partial charge is 0.350 e. The molecule has 1 rings (SSSR count). The van der Waals surface area contributed by atoms with Crippen LogP contribution in [0.4, 0.5) is 0 Å². The van der Waals surface area contributed by atoms with Crippen molar-refractivity contribution >= 4 is 41.3 Å². The number of halogens is 1. The molecule has 0 aliphatic rings. The first-order chi connectivity index (χ1) is 8.17. The van der Waals surface area contributed by atoms with Crippen LogP contribution < -0.4 is 10.6 Å². The summed E-state index contributed by atoms with van der Waals surface area (Å²) in [4.78, 5) is 8.59. The van der Waals surface area contributed by atoms with Gasteiger partial charge in [0.2, 0.25) is 0 Å². The Balaban J connectivity index is 0.00000289. The zero-order valence-corrected chi connectivity index (χ0v) is 14.0.